The van der Waals surface area contributed by atoms with Crippen molar-refractivity contribution in [3.63, 3.8) is 0 Å². The molecule has 0 saturated heterocycles. The third kappa shape index (κ3) is 9.68. The molecule has 0 spiro atoms. The van der Waals surface area contributed by atoms with Gasteiger partial charge in [0.25, 0.3) is 0 Å². The van der Waals surface area contributed by atoms with Gasteiger partial charge in [-0.2, -0.15) is 26.3 Å². The van der Waals surface area contributed by atoms with Crippen molar-refractivity contribution < 1.29 is 50.9 Å². The fraction of sp³-hybridized carbons (Fsp3) is 0.129. The molecule has 11 nitrogen and oxygen atoms in total. The summed E-state index contributed by atoms with van der Waals surface area (Å²) in [6.45, 7) is 2.06. The fourth-order valence-corrected chi connectivity index (χ4v) is 4.16. The zero-order valence-electron chi connectivity index (χ0n) is 24.6. The minimum Gasteiger partial charge on any atom is -0.475 e. The first-order chi connectivity index (χ1) is 22.4. The number of carbonyl (C=O) groups excluding carboxylic acids is 1. The highest BCUT2D eigenvalue weighted by Crippen LogP contribution is 2.31. The smallest absolute Gasteiger partial charge is 0.475 e. The number of carbonyl (C=O) groups is 3. The minimum absolute atomic E-state index is 0.258. The second kappa shape index (κ2) is 15.0. The number of carboxylic acid groups (broad SMARTS) is 2. The normalized spacial score (nSPS) is 11.7. The molecule has 1 atom stereocenters. The molecule has 0 bridgehead atoms. The molecule has 2 aromatic heterocycles. The molecular weight excluding hydrogens is 650 g/mol. The number of nitrogens with zero attached hydrogens (tertiary/aromatic N) is 2. The maximum Gasteiger partial charge on any atom is 0.490 e. The maximum atomic E-state index is 11.9. The molecule has 252 valence electrons. The van der Waals surface area contributed by atoms with Crippen molar-refractivity contribution in [3.8, 4) is 11.3 Å². The molecule has 0 aliphatic rings. The number of amides is 1. The zero-order chi connectivity index (χ0) is 35.8. The van der Waals surface area contributed by atoms with E-state index in [1.165, 1.54) is 0 Å². The van der Waals surface area contributed by atoms with E-state index in [1.54, 1.807) is 24.5 Å². The first kappa shape index (κ1) is 36.3. The van der Waals surface area contributed by atoms with Crippen molar-refractivity contribution in [1.29, 1.82) is 0 Å². The summed E-state index contributed by atoms with van der Waals surface area (Å²) in [6, 6.07) is 23.1. The van der Waals surface area contributed by atoms with Crippen molar-refractivity contribution in [2.24, 2.45) is 5.73 Å². The Morgan fingerprint density at radius 2 is 1.50 bits per heavy atom. The monoisotopic (exact) mass is 676 g/mol. The van der Waals surface area contributed by atoms with Crippen LogP contribution in [0.1, 0.15) is 33.4 Å². The van der Waals surface area contributed by atoms with Gasteiger partial charge >= 0.3 is 24.3 Å². The summed E-state index contributed by atoms with van der Waals surface area (Å²) < 4.78 is 63.5. The average Bonchev–Trinajstić information content (AvgIpc) is 3.49. The van der Waals surface area contributed by atoms with Crippen LogP contribution in [0, 0.1) is 6.92 Å². The van der Waals surface area contributed by atoms with Crippen LogP contribution in [0.25, 0.3) is 22.0 Å². The van der Waals surface area contributed by atoms with Gasteiger partial charge in [-0.1, -0.05) is 48.0 Å². The van der Waals surface area contributed by atoms with Gasteiger partial charge in [0.05, 0.1) is 5.69 Å². The predicted octanol–water partition coefficient (Wildman–Crippen LogP) is 6.08. The van der Waals surface area contributed by atoms with E-state index < -0.39 is 30.2 Å². The number of imidazole rings is 1. The van der Waals surface area contributed by atoms with Crippen molar-refractivity contribution >= 4 is 40.1 Å². The molecule has 0 saturated carbocycles. The largest absolute Gasteiger partial charge is 0.490 e. The highest BCUT2D eigenvalue weighted by molar-refractivity contribution is 5.99. The Labute approximate surface area is 267 Å². The molecule has 0 aliphatic heterocycles. The highest BCUT2D eigenvalue weighted by Gasteiger charge is 2.38. The quantitative estimate of drug-likeness (QED) is 0.115. The van der Waals surface area contributed by atoms with E-state index in [-0.39, 0.29) is 6.04 Å². The zero-order valence-corrected chi connectivity index (χ0v) is 24.6. The summed E-state index contributed by atoms with van der Waals surface area (Å²) in [4.78, 5) is 42.0. The number of alkyl halides is 6. The highest BCUT2D eigenvalue weighted by atomic mass is 19.4. The van der Waals surface area contributed by atoms with Crippen LogP contribution in [0.5, 0.6) is 0 Å². The minimum atomic E-state index is -5.08. The number of aryl methyl sites for hydroxylation is 1. The molecule has 1 unspecified atom stereocenters. The second-order valence-corrected chi connectivity index (χ2v) is 9.81. The van der Waals surface area contributed by atoms with Crippen LogP contribution in [0.4, 0.5) is 37.8 Å². The van der Waals surface area contributed by atoms with Gasteiger partial charge in [-0.3, -0.25) is 4.79 Å². The molecule has 48 heavy (non-hydrogen) atoms. The standard InChI is InChI=1S/C27H24N6O.2C2HF3O2/c1-16-5-4-6-18(13-16)24(32-19-9-10-20-17(14-19)11-12-30-25(20)28)27-31-15-23(33-27)21-7-2-3-8-22(21)26(29)34;2*3-2(4,5)1(6)7/h2-15,24,32H,1H3,(H2,28,30)(H2,29,34)(H,31,33);2*(H,6,7). The van der Waals surface area contributed by atoms with Crippen LogP contribution in [-0.2, 0) is 9.59 Å². The molecule has 5 rings (SSSR count). The number of aromatic amines is 1. The van der Waals surface area contributed by atoms with E-state index in [9.17, 15) is 31.1 Å². The van der Waals surface area contributed by atoms with Gasteiger partial charge in [-0.05, 0) is 48.2 Å². The lowest BCUT2D eigenvalue weighted by Crippen LogP contribution is -2.21. The molecule has 1 amide bonds. The van der Waals surface area contributed by atoms with Crippen LogP contribution in [0.15, 0.2) is 85.2 Å². The summed E-state index contributed by atoms with van der Waals surface area (Å²) in [7, 11) is 0. The van der Waals surface area contributed by atoms with E-state index in [4.69, 9.17) is 36.3 Å². The van der Waals surface area contributed by atoms with E-state index in [1.807, 2.05) is 42.5 Å². The van der Waals surface area contributed by atoms with E-state index >= 15 is 0 Å². The summed E-state index contributed by atoms with van der Waals surface area (Å²) in [5.41, 5.74) is 16.5. The number of fused-ring (bicyclic) bond motifs is 1. The number of halogens is 6. The number of aliphatic carboxylic acids is 2. The second-order valence-electron chi connectivity index (χ2n) is 9.81. The molecule has 0 radical (unpaired) electrons. The number of nitrogen functional groups attached to an aromatic ring is 1. The number of aromatic nitrogens is 3. The Hall–Kier alpha value is -6.13. The predicted molar refractivity (Wildman–Crippen MR) is 163 cm³/mol. The van der Waals surface area contributed by atoms with Gasteiger partial charge in [0.15, 0.2) is 0 Å². The number of benzene rings is 3. The number of hydrogen-bond donors (Lipinski definition) is 6. The summed E-state index contributed by atoms with van der Waals surface area (Å²) in [6.07, 6.45) is -6.66. The lowest BCUT2D eigenvalue weighted by Gasteiger charge is -2.19. The summed E-state index contributed by atoms with van der Waals surface area (Å²) in [5.74, 6) is -4.78. The van der Waals surface area contributed by atoms with Crippen molar-refractivity contribution in [2.45, 2.75) is 25.3 Å². The molecule has 2 heterocycles. The van der Waals surface area contributed by atoms with Crippen LogP contribution >= 0.6 is 0 Å². The van der Waals surface area contributed by atoms with Crippen LogP contribution < -0.4 is 16.8 Å². The number of rotatable bonds is 6. The maximum absolute atomic E-state index is 11.9. The Morgan fingerprint density at radius 1 is 0.875 bits per heavy atom. The van der Waals surface area contributed by atoms with Gasteiger partial charge < -0.3 is 32.0 Å². The summed E-state index contributed by atoms with van der Waals surface area (Å²) in [5, 5.41) is 19.8. The Balaban J connectivity index is 0.000000376. The summed E-state index contributed by atoms with van der Waals surface area (Å²) >= 11 is 0. The van der Waals surface area contributed by atoms with E-state index in [0.29, 0.717) is 28.5 Å². The van der Waals surface area contributed by atoms with Gasteiger partial charge in [-0.25, -0.2) is 19.6 Å². The molecular formula is C31H26F6N6O5. The first-order valence-electron chi connectivity index (χ1n) is 13.4. The lowest BCUT2D eigenvalue weighted by atomic mass is 10.0. The van der Waals surface area contributed by atoms with Crippen molar-refractivity contribution in [1.82, 2.24) is 15.0 Å². The molecule has 3 aromatic carbocycles. The average molecular weight is 677 g/mol. The van der Waals surface area contributed by atoms with Gasteiger partial charge in [0.1, 0.15) is 17.7 Å². The van der Waals surface area contributed by atoms with Crippen LogP contribution in [-0.4, -0.2) is 55.4 Å². The molecule has 5 aromatic rings. The lowest BCUT2D eigenvalue weighted by molar-refractivity contribution is -0.193. The number of nitrogens with two attached hydrogens (primary N) is 2. The number of pyridine rings is 1. The number of anilines is 2. The third-order valence-electron chi connectivity index (χ3n) is 6.31. The first-order valence-corrected chi connectivity index (χ1v) is 13.4. The van der Waals surface area contributed by atoms with Gasteiger partial charge in [0, 0.05) is 34.6 Å². The Morgan fingerprint density at radius 3 is 2.08 bits per heavy atom. The Kier molecular flexibility index (Phi) is 11.3. The SMILES string of the molecule is Cc1cccc(C(Nc2ccc3c(N)nccc3c2)c2nc(-c3ccccc3C(N)=O)c[nH]2)c1.O=C(O)C(F)(F)F.O=C(O)C(F)(F)F. The topological polar surface area (TPSA) is 197 Å². The fourth-order valence-electron chi connectivity index (χ4n) is 4.16. The van der Waals surface area contributed by atoms with Crippen molar-refractivity contribution in [3.05, 3.63) is 108 Å². The molecule has 8 N–H and O–H groups in total. The van der Waals surface area contributed by atoms with E-state index in [0.717, 1.165) is 27.6 Å². The van der Waals surface area contributed by atoms with Crippen LogP contribution in [0.2, 0.25) is 0 Å². The number of hydrogen-bond acceptors (Lipinski definition) is 7. The number of primary amides is 1. The number of H-pyrrole nitrogens is 1. The molecule has 17 heteroatoms. The number of nitrogens with one attached hydrogen (secondary N) is 2. The Bertz CT molecular complexity index is 1900. The van der Waals surface area contributed by atoms with Crippen molar-refractivity contribution in [2.75, 3.05) is 11.1 Å². The van der Waals surface area contributed by atoms with E-state index in [2.05, 4.69) is 40.4 Å². The molecule has 0 fully saturated rings. The number of carboxylic acids is 2. The van der Waals surface area contributed by atoms with Gasteiger partial charge in [0.2, 0.25) is 5.91 Å². The van der Waals surface area contributed by atoms with Crippen LogP contribution in [0.3, 0.4) is 0 Å². The third-order valence-corrected chi connectivity index (χ3v) is 6.31. The molecule has 0 aliphatic carbocycles. The van der Waals surface area contributed by atoms with Gasteiger partial charge in [-0.15, -0.1) is 0 Å².